The summed E-state index contributed by atoms with van der Waals surface area (Å²) < 4.78 is 0. The molecule has 0 aliphatic rings. The fraction of sp³-hybridized carbons (Fsp3) is 0.750. The lowest BCUT2D eigenvalue weighted by molar-refractivity contribution is -0.116. The van der Waals surface area contributed by atoms with Gasteiger partial charge in [-0.2, -0.15) is 11.8 Å². The maximum absolute atomic E-state index is 9.66. The zero-order chi connectivity index (χ0) is 7.70. The fourth-order valence-electron chi connectivity index (χ4n) is 0.0745. The van der Waals surface area contributed by atoms with Crippen LogP contribution >= 0.6 is 0 Å². The second-order valence-corrected chi connectivity index (χ2v) is 1.31. The van der Waals surface area contributed by atoms with Gasteiger partial charge in [0.25, 0.3) is 0 Å². The van der Waals surface area contributed by atoms with Crippen molar-refractivity contribution in [2.24, 2.45) is 11.8 Å². The minimum Gasteiger partial charge on any atom is -0.349 e. The summed E-state index contributed by atoms with van der Waals surface area (Å²) in [5, 5.41) is 0. The van der Waals surface area contributed by atoms with Gasteiger partial charge in [0.05, 0.1) is 0 Å². The van der Waals surface area contributed by atoms with E-state index in [1.54, 1.807) is 11.9 Å². The molecule has 56 valence electrons. The van der Waals surface area contributed by atoms with E-state index < -0.39 is 0 Å². The van der Waals surface area contributed by atoms with Crippen LogP contribution in [-0.2, 0) is 9.73 Å². The highest BCUT2D eigenvalue weighted by Crippen LogP contribution is 1.66. The van der Waals surface area contributed by atoms with E-state index in [1.165, 1.54) is 0 Å². The van der Waals surface area contributed by atoms with Crippen LogP contribution in [0.2, 0.25) is 0 Å². The molecule has 5 nitrogen and oxygen atoms in total. The van der Waals surface area contributed by atoms with Crippen LogP contribution in [0.5, 0.6) is 0 Å². The Labute approximate surface area is 54.5 Å². The first-order valence-electron chi connectivity index (χ1n) is 2.44. The third-order valence-corrected chi connectivity index (χ3v) is 0.679. The van der Waals surface area contributed by atoms with E-state index in [9.17, 15) is 4.79 Å². The Balaban J connectivity index is 0. The van der Waals surface area contributed by atoms with Crippen LogP contribution in [0.3, 0.4) is 0 Å². The van der Waals surface area contributed by atoms with Crippen molar-refractivity contribution in [1.29, 1.82) is 0 Å². The molecule has 0 unspecified atom stereocenters. The first kappa shape index (κ1) is 11.2. The lowest BCUT2D eigenvalue weighted by Crippen LogP contribution is -2.13. The van der Waals surface area contributed by atoms with Crippen molar-refractivity contribution in [2.45, 2.75) is 6.92 Å². The molecule has 1 amide bonds. The minimum atomic E-state index is 0.795. The van der Waals surface area contributed by atoms with Crippen LogP contribution in [0.25, 0.3) is 0 Å². The summed E-state index contributed by atoms with van der Waals surface area (Å²) in [6.45, 7) is 2.72. The summed E-state index contributed by atoms with van der Waals surface area (Å²) in [4.78, 5) is 14.5. The molecule has 4 N–H and O–H groups in total. The molecule has 5 heteroatoms. The van der Waals surface area contributed by atoms with Crippen molar-refractivity contribution in [1.82, 2.24) is 4.90 Å². The van der Waals surface area contributed by atoms with Crippen LogP contribution < -0.4 is 11.8 Å². The van der Waals surface area contributed by atoms with E-state index in [0.717, 1.165) is 13.0 Å². The van der Waals surface area contributed by atoms with Crippen molar-refractivity contribution in [3.63, 3.8) is 0 Å². The van der Waals surface area contributed by atoms with Gasteiger partial charge in [0.2, 0.25) is 6.41 Å². The van der Waals surface area contributed by atoms with Gasteiger partial charge < -0.3 is 4.90 Å². The highest BCUT2D eigenvalue weighted by atomic mass is 16.7. The van der Waals surface area contributed by atoms with E-state index >= 15 is 0 Å². The van der Waals surface area contributed by atoms with E-state index in [1.807, 2.05) is 6.92 Å². The number of nitrogens with zero attached hydrogens (tertiary/aromatic N) is 1. The van der Waals surface area contributed by atoms with Crippen molar-refractivity contribution in [3.8, 4) is 0 Å². The number of carbonyl (C=O) groups excluding carboxylic acids is 1. The number of amides is 1. The molecule has 0 spiro atoms. The minimum absolute atomic E-state index is 0.795. The number of carbonyl (C=O) groups is 1. The van der Waals surface area contributed by atoms with Gasteiger partial charge in [0, 0.05) is 13.6 Å². The zero-order valence-electron chi connectivity index (χ0n) is 5.70. The van der Waals surface area contributed by atoms with Crippen LogP contribution in [0.4, 0.5) is 0 Å². The Bertz CT molecular complexity index is 59.8. The highest BCUT2D eigenvalue weighted by Gasteiger charge is 1.79. The number of hydrogen-bond acceptors (Lipinski definition) is 4. The standard InChI is InChI=1S/C4H9NO.H4N2O/c1-3-5(2)4-6;1-3-2/h4H,3H2,1-2H3;1-2H2. The molecule has 0 aromatic carbocycles. The third kappa shape index (κ3) is 18.7. The summed E-state index contributed by atoms with van der Waals surface area (Å²) in [6, 6.07) is 0. The van der Waals surface area contributed by atoms with Gasteiger partial charge >= 0.3 is 0 Å². The van der Waals surface area contributed by atoms with Crippen LogP contribution in [-0.4, -0.2) is 24.9 Å². The molecule has 0 saturated heterocycles. The lowest BCUT2D eigenvalue weighted by Gasteiger charge is -2.01. The van der Waals surface area contributed by atoms with E-state index in [4.69, 9.17) is 0 Å². The van der Waals surface area contributed by atoms with Gasteiger partial charge in [-0.3, -0.25) is 4.79 Å². The number of rotatable bonds is 2. The maximum Gasteiger partial charge on any atom is 0.209 e. The zero-order valence-corrected chi connectivity index (χ0v) is 5.70. The van der Waals surface area contributed by atoms with Crippen molar-refractivity contribution in [2.75, 3.05) is 13.6 Å². The molecule has 0 aliphatic heterocycles. The predicted octanol–water partition coefficient (Wildman–Crippen LogP) is -1.16. The molecular weight excluding hydrogens is 122 g/mol. The molecule has 0 fully saturated rings. The van der Waals surface area contributed by atoms with E-state index in [0.29, 0.717) is 0 Å². The van der Waals surface area contributed by atoms with Gasteiger partial charge in [-0.05, 0) is 6.92 Å². The summed E-state index contributed by atoms with van der Waals surface area (Å²) >= 11 is 0. The van der Waals surface area contributed by atoms with Gasteiger partial charge in [-0.1, -0.05) is 0 Å². The predicted molar refractivity (Wildman–Crippen MR) is 33.8 cm³/mol. The summed E-state index contributed by atoms with van der Waals surface area (Å²) in [6.07, 6.45) is 0.806. The van der Waals surface area contributed by atoms with Crippen molar-refractivity contribution >= 4 is 6.41 Å². The monoisotopic (exact) mass is 135 g/mol. The topological polar surface area (TPSA) is 81.6 Å². The Morgan fingerprint density at radius 2 is 2.00 bits per heavy atom. The smallest absolute Gasteiger partial charge is 0.209 e. The molecule has 0 rings (SSSR count). The number of nitrogens with two attached hydrogens (primary N) is 2. The van der Waals surface area contributed by atoms with Crippen LogP contribution in [0, 0.1) is 0 Å². The summed E-state index contributed by atoms with van der Waals surface area (Å²) in [5.74, 6) is 8.25. The quantitative estimate of drug-likeness (QED) is 0.370. The van der Waals surface area contributed by atoms with Gasteiger partial charge in [0.15, 0.2) is 0 Å². The lowest BCUT2D eigenvalue weighted by atomic mass is 10.7. The Kier molecular flexibility index (Phi) is 12.9. The average molecular weight is 135 g/mol. The van der Waals surface area contributed by atoms with Gasteiger partial charge in [0.1, 0.15) is 0 Å². The maximum atomic E-state index is 9.66. The molecule has 0 radical (unpaired) electrons. The fourth-order valence-corrected chi connectivity index (χ4v) is 0.0745. The number of hydrogen-bond donors (Lipinski definition) is 2. The molecule has 0 saturated carbocycles. The Hall–Kier alpha value is -0.650. The second-order valence-electron chi connectivity index (χ2n) is 1.31. The van der Waals surface area contributed by atoms with Gasteiger partial charge in [-0.15, -0.1) is 0 Å². The molecule has 0 atom stereocenters. The van der Waals surface area contributed by atoms with Crippen molar-refractivity contribution in [3.05, 3.63) is 0 Å². The summed E-state index contributed by atoms with van der Waals surface area (Å²) in [7, 11) is 1.74. The highest BCUT2D eigenvalue weighted by molar-refractivity contribution is 5.45. The first-order valence-corrected chi connectivity index (χ1v) is 2.44. The Morgan fingerprint density at radius 3 is 2.00 bits per heavy atom. The molecule has 0 heterocycles. The normalized spacial score (nSPS) is 7.11. The van der Waals surface area contributed by atoms with E-state index in [-0.39, 0.29) is 0 Å². The average Bonchev–Trinajstić information content (AvgIpc) is 1.88. The molecule has 0 aromatic rings. The third-order valence-electron chi connectivity index (χ3n) is 0.679. The van der Waals surface area contributed by atoms with Gasteiger partial charge in [-0.25, -0.2) is 4.94 Å². The molecular formula is C4H13N3O2. The summed E-state index contributed by atoms with van der Waals surface area (Å²) in [5.41, 5.74) is 0. The van der Waals surface area contributed by atoms with Crippen LogP contribution in [0.1, 0.15) is 6.92 Å². The van der Waals surface area contributed by atoms with Crippen LogP contribution in [0.15, 0.2) is 0 Å². The Morgan fingerprint density at radius 1 is 1.67 bits per heavy atom. The molecule has 0 aliphatic carbocycles. The molecule has 0 bridgehead atoms. The second kappa shape index (κ2) is 10.4. The first-order chi connectivity index (χ1) is 4.22. The molecule has 9 heavy (non-hydrogen) atoms. The molecule has 0 aromatic heterocycles. The van der Waals surface area contributed by atoms with Crippen molar-refractivity contribution < 1.29 is 9.73 Å². The SMILES string of the molecule is CCN(C)C=O.NON. The largest absolute Gasteiger partial charge is 0.349 e. The van der Waals surface area contributed by atoms with E-state index in [2.05, 4.69) is 16.7 Å².